The Hall–Kier alpha value is -0.170. The van der Waals surface area contributed by atoms with E-state index in [4.69, 9.17) is 17.5 Å². The van der Waals surface area contributed by atoms with Crippen LogP contribution in [0, 0.1) is 0 Å². The Morgan fingerprint density at radius 3 is 2.07 bits per heavy atom. The first-order valence-corrected chi connectivity index (χ1v) is 7.16. The summed E-state index contributed by atoms with van der Waals surface area (Å²) < 4.78 is 32.8. The molecule has 15 heavy (non-hydrogen) atoms. The molecule has 0 aromatic heterocycles. The van der Waals surface area contributed by atoms with Crippen molar-refractivity contribution in [2.45, 2.75) is 3.67 Å². The van der Waals surface area contributed by atoms with Crippen molar-refractivity contribution in [2.24, 2.45) is 0 Å². The maximum absolute atomic E-state index is 8.74. The van der Waals surface area contributed by atoms with E-state index in [1.54, 1.807) is 0 Å². The van der Waals surface area contributed by atoms with Crippen molar-refractivity contribution >= 4 is 44.4 Å². The fraction of sp³-hybridized carbons (Fsp3) is 0.111. The van der Waals surface area contributed by atoms with E-state index in [0.717, 1.165) is 0 Å². The Morgan fingerprint density at radius 2 is 1.67 bits per heavy atom. The molecular weight excluding hydrogens is 227 g/mol. The molecule has 0 bridgehead atoms. The van der Waals surface area contributed by atoms with E-state index in [1.165, 1.54) is 37.2 Å². The van der Waals surface area contributed by atoms with E-state index in [-0.39, 0.29) is 0 Å². The molecule has 0 heterocycles. The molecule has 4 nitrogen and oxygen atoms in total. The molecule has 0 spiro atoms. The molecule has 0 atom stereocenters. The molecule has 0 aliphatic rings. The Kier molecular flexibility index (Phi) is 7.95. The van der Waals surface area contributed by atoms with Crippen LogP contribution in [0.3, 0.4) is 0 Å². The Balaban J connectivity index is 0.000000336. The first-order valence-electron chi connectivity index (χ1n) is 4.35. The quantitative estimate of drug-likeness (QED) is 0.606. The van der Waals surface area contributed by atoms with Crippen LogP contribution >= 0.6 is 0 Å². The number of allylic oxidation sites excluding steroid dienone is 1. The van der Waals surface area contributed by atoms with Crippen LogP contribution in [0.1, 0.15) is 5.56 Å². The molecule has 0 radical (unpaired) electrons. The van der Waals surface area contributed by atoms with Crippen molar-refractivity contribution in [3.05, 3.63) is 42.0 Å². The molecule has 0 aliphatic carbocycles. The van der Waals surface area contributed by atoms with Gasteiger partial charge in [-0.3, -0.25) is 9.11 Å². The van der Waals surface area contributed by atoms with Crippen LogP contribution in [-0.2, 0) is 10.4 Å². The fourth-order valence-corrected chi connectivity index (χ4v) is 1.05. The normalized spacial score (nSPS) is 10.9. The third kappa shape index (κ3) is 13.8. The molecule has 0 saturated heterocycles. The van der Waals surface area contributed by atoms with Gasteiger partial charge in [0, 0.05) is 0 Å². The van der Waals surface area contributed by atoms with Gasteiger partial charge in [0.2, 0.25) is 0 Å². The molecule has 0 saturated carbocycles. The zero-order chi connectivity index (χ0) is 11.7. The summed E-state index contributed by atoms with van der Waals surface area (Å²) in [6.45, 7) is 0. The second-order valence-corrected chi connectivity index (χ2v) is 4.38. The minimum absolute atomic E-state index is 1.24. The van der Waals surface area contributed by atoms with Crippen LogP contribution in [0.5, 0.6) is 0 Å². The first-order chi connectivity index (χ1) is 6.93. The Bertz CT molecular complexity index is 378. The summed E-state index contributed by atoms with van der Waals surface area (Å²) in [5.41, 5.74) is 1.30. The molecule has 78 valence electrons. The van der Waals surface area contributed by atoms with Gasteiger partial charge in [0.05, 0.1) is 0 Å². The van der Waals surface area contributed by atoms with E-state index < -0.39 is 10.4 Å². The average molecular weight is 238 g/mol. The van der Waals surface area contributed by atoms with Crippen molar-refractivity contribution < 1.29 is 17.5 Å². The number of hydrogen-bond acceptors (Lipinski definition) is 2. The van der Waals surface area contributed by atoms with Gasteiger partial charge in [-0.1, -0.05) is 0 Å². The summed E-state index contributed by atoms with van der Waals surface area (Å²) in [7, 11) is -4.67. The molecule has 1 aromatic rings. The van der Waals surface area contributed by atoms with Crippen LogP contribution in [0.4, 0.5) is 0 Å². The van der Waals surface area contributed by atoms with Crippen molar-refractivity contribution in [3.8, 4) is 0 Å². The van der Waals surface area contributed by atoms with Gasteiger partial charge >= 0.3 is 90.0 Å². The monoisotopic (exact) mass is 238 g/mol. The number of hydrogen-bond donors (Lipinski definition) is 2. The van der Waals surface area contributed by atoms with Gasteiger partial charge in [0.1, 0.15) is 0 Å². The predicted octanol–water partition coefficient (Wildman–Crippen LogP) is 1.63. The van der Waals surface area contributed by atoms with Crippen molar-refractivity contribution in [1.82, 2.24) is 0 Å². The summed E-state index contributed by atoms with van der Waals surface area (Å²) in [6, 6.07) is 10.4. The Morgan fingerprint density at radius 1 is 1.20 bits per heavy atom. The van der Waals surface area contributed by atoms with Gasteiger partial charge in [-0.15, -0.1) is 0 Å². The van der Waals surface area contributed by atoms with Gasteiger partial charge in [-0.05, 0) is 0 Å². The van der Waals surface area contributed by atoms with E-state index in [9.17, 15) is 0 Å². The predicted molar refractivity (Wildman–Crippen MR) is 60.2 cm³/mol. The van der Waals surface area contributed by atoms with Crippen LogP contribution in [-0.4, -0.2) is 45.5 Å². The molecule has 0 aliphatic heterocycles. The SMILES string of the molecule is O=S(=O)(O)O.[Na][CH2]C=Cc1ccccc1. The van der Waals surface area contributed by atoms with E-state index in [1.807, 2.05) is 6.07 Å². The number of rotatable bonds is 2. The summed E-state index contributed by atoms with van der Waals surface area (Å²) in [4.78, 5) is 0. The summed E-state index contributed by atoms with van der Waals surface area (Å²) >= 11 is 1.26. The third-order valence-electron chi connectivity index (χ3n) is 1.35. The van der Waals surface area contributed by atoms with Gasteiger partial charge in [0.15, 0.2) is 0 Å². The van der Waals surface area contributed by atoms with E-state index in [0.29, 0.717) is 0 Å². The van der Waals surface area contributed by atoms with Crippen LogP contribution in [0.15, 0.2) is 36.4 Å². The molecule has 1 rings (SSSR count). The molecular formula is C9H11NaO4S. The van der Waals surface area contributed by atoms with E-state index >= 15 is 0 Å². The zero-order valence-corrected chi connectivity index (χ0v) is 11.2. The fourth-order valence-electron chi connectivity index (χ4n) is 0.818. The van der Waals surface area contributed by atoms with Gasteiger partial charge in [-0.2, -0.15) is 8.42 Å². The van der Waals surface area contributed by atoms with Gasteiger partial charge in [-0.25, -0.2) is 0 Å². The van der Waals surface area contributed by atoms with Crippen molar-refractivity contribution in [1.29, 1.82) is 0 Å². The molecule has 0 unspecified atom stereocenters. The second-order valence-electron chi connectivity index (χ2n) is 2.67. The summed E-state index contributed by atoms with van der Waals surface area (Å²) in [5.74, 6) is 0. The maximum atomic E-state index is 8.74. The van der Waals surface area contributed by atoms with Crippen LogP contribution < -0.4 is 0 Å². The van der Waals surface area contributed by atoms with Gasteiger partial charge < -0.3 is 0 Å². The standard InChI is InChI=1S/C9H9.Na.H2O4S/c1-2-6-9-7-4-3-5-8-9;;1-5(2,3)4/h2-8H,1H2;;(H2,1,2,3,4). The third-order valence-corrected chi connectivity index (χ3v) is 1.82. The molecule has 0 amide bonds. The Labute approximate surface area is 107 Å². The van der Waals surface area contributed by atoms with E-state index in [2.05, 4.69) is 36.4 Å². The van der Waals surface area contributed by atoms with Crippen LogP contribution in [0.2, 0.25) is 3.67 Å². The second kappa shape index (κ2) is 8.04. The van der Waals surface area contributed by atoms with Gasteiger partial charge in [0.25, 0.3) is 0 Å². The summed E-state index contributed by atoms with van der Waals surface area (Å²) in [6.07, 6.45) is 4.40. The zero-order valence-electron chi connectivity index (χ0n) is 8.37. The molecule has 6 heteroatoms. The average Bonchev–Trinajstić information content (AvgIpc) is 2.14. The molecule has 1 aromatic carbocycles. The summed E-state index contributed by atoms with van der Waals surface area (Å²) in [5, 5.41) is 0. The molecule has 2 N–H and O–H groups in total. The van der Waals surface area contributed by atoms with Crippen LogP contribution in [0.25, 0.3) is 6.08 Å². The topological polar surface area (TPSA) is 74.6 Å². The number of benzene rings is 1. The van der Waals surface area contributed by atoms with Crippen molar-refractivity contribution in [2.75, 3.05) is 0 Å². The minimum atomic E-state index is -4.67. The molecule has 0 fully saturated rings. The van der Waals surface area contributed by atoms with Crippen molar-refractivity contribution in [3.63, 3.8) is 0 Å². The first kappa shape index (κ1) is 14.8.